The van der Waals surface area contributed by atoms with Gasteiger partial charge in [-0.3, -0.25) is 0 Å². The number of aryl methyl sites for hydroxylation is 1. The van der Waals surface area contributed by atoms with Crippen molar-refractivity contribution in [2.75, 3.05) is 0 Å². The maximum atomic E-state index is 10.9. The summed E-state index contributed by atoms with van der Waals surface area (Å²) in [4.78, 5) is 14.9. The molecule has 0 radical (unpaired) electrons. The SMILES string of the molecule is Cc1cc2nc(Cl)c(C(=O)O)cc2cc1Cl. The van der Waals surface area contributed by atoms with Crippen molar-refractivity contribution >= 4 is 40.1 Å². The van der Waals surface area contributed by atoms with E-state index in [9.17, 15) is 4.79 Å². The van der Waals surface area contributed by atoms with Crippen LogP contribution < -0.4 is 0 Å². The molecule has 0 unspecified atom stereocenters. The number of pyridine rings is 1. The Bertz CT molecular complexity index is 596. The summed E-state index contributed by atoms with van der Waals surface area (Å²) in [6.45, 7) is 1.85. The smallest absolute Gasteiger partial charge is 0.338 e. The Morgan fingerprint density at radius 1 is 1.31 bits per heavy atom. The first kappa shape index (κ1) is 11.2. The molecule has 0 spiro atoms. The van der Waals surface area contributed by atoms with Crippen LogP contribution in [-0.4, -0.2) is 16.1 Å². The predicted molar refractivity (Wildman–Crippen MR) is 63.5 cm³/mol. The van der Waals surface area contributed by atoms with E-state index in [2.05, 4.69) is 4.98 Å². The van der Waals surface area contributed by atoms with Crippen molar-refractivity contribution in [3.05, 3.63) is 39.5 Å². The van der Waals surface area contributed by atoms with E-state index < -0.39 is 5.97 Å². The van der Waals surface area contributed by atoms with Gasteiger partial charge in [-0.1, -0.05) is 23.2 Å². The van der Waals surface area contributed by atoms with Crippen molar-refractivity contribution in [1.82, 2.24) is 4.98 Å². The maximum absolute atomic E-state index is 10.9. The molecule has 1 N–H and O–H groups in total. The molecule has 3 nitrogen and oxygen atoms in total. The second-order valence-electron chi connectivity index (χ2n) is 3.43. The van der Waals surface area contributed by atoms with E-state index in [1.165, 1.54) is 6.07 Å². The van der Waals surface area contributed by atoms with E-state index in [-0.39, 0.29) is 10.7 Å². The zero-order valence-electron chi connectivity index (χ0n) is 8.29. The second-order valence-corrected chi connectivity index (χ2v) is 4.19. The highest BCUT2D eigenvalue weighted by Crippen LogP contribution is 2.25. The molecular weight excluding hydrogens is 249 g/mol. The van der Waals surface area contributed by atoms with E-state index in [0.29, 0.717) is 15.9 Å². The molecule has 82 valence electrons. The third-order valence-electron chi connectivity index (χ3n) is 2.28. The summed E-state index contributed by atoms with van der Waals surface area (Å²) in [5.41, 5.74) is 1.49. The Labute approximate surface area is 102 Å². The molecular formula is C11H7Cl2NO2. The van der Waals surface area contributed by atoms with Crippen molar-refractivity contribution in [1.29, 1.82) is 0 Å². The first-order chi connectivity index (χ1) is 7.49. The van der Waals surface area contributed by atoms with Gasteiger partial charge in [0.2, 0.25) is 0 Å². The van der Waals surface area contributed by atoms with Crippen LogP contribution in [-0.2, 0) is 0 Å². The average molecular weight is 256 g/mol. The topological polar surface area (TPSA) is 50.2 Å². The summed E-state index contributed by atoms with van der Waals surface area (Å²) in [5.74, 6) is -1.10. The maximum Gasteiger partial charge on any atom is 0.338 e. The van der Waals surface area contributed by atoms with Gasteiger partial charge >= 0.3 is 5.97 Å². The van der Waals surface area contributed by atoms with Crippen molar-refractivity contribution in [2.24, 2.45) is 0 Å². The molecule has 1 heterocycles. The lowest BCUT2D eigenvalue weighted by molar-refractivity contribution is 0.0697. The number of hydrogen-bond donors (Lipinski definition) is 1. The molecule has 2 rings (SSSR count). The lowest BCUT2D eigenvalue weighted by Crippen LogP contribution is -1.99. The Balaban J connectivity index is 2.79. The number of carboxylic acid groups (broad SMARTS) is 1. The van der Waals surface area contributed by atoms with Crippen LogP contribution in [0.4, 0.5) is 0 Å². The molecule has 0 aliphatic rings. The summed E-state index contributed by atoms with van der Waals surface area (Å²) in [7, 11) is 0. The summed E-state index contributed by atoms with van der Waals surface area (Å²) in [5, 5.41) is 10.1. The minimum atomic E-state index is -1.10. The van der Waals surface area contributed by atoms with Crippen molar-refractivity contribution < 1.29 is 9.90 Å². The molecule has 5 heteroatoms. The van der Waals surface area contributed by atoms with Crippen LogP contribution in [0.2, 0.25) is 10.2 Å². The van der Waals surface area contributed by atoms with Gasteiger partial charge in [-0.25, -0.2) is 9.78 Å². The van der Waals surface area contributed by atoms with E-state index in [0.717, 1.165) is 5.56 Å². The van der Waals surface area contributed by atoms with Crippen LogP contribution in [0, 0.1) is 6.92 Å². The van der Waals surface area contributed by atoms with Gasteiger partial charge in [-0.2, -0.15) is 0 Å². The van der Waals surface area contributed by atoms with E-state index in [4.69, 9.17) is 28.3 Å². The number of hydrogen-bond acceptors (Lipinski definition) is 2. The molecule has 1 aromatic heterocycles. The Kier molecular flexibility index (Phi) is 2.74. The van der Waals surface area contributed by atoms with Crippen molar-refractivity contribution in [3.8, 4) is 0 Å². The molecule has 0 aliphatic carbocycles. The van der Waals surface area contributed by atoms with Crippen LogP contribution in [0.3, 0.4) is 0 Å². The number of halogens is 2. The molecule has 0 fully saturated rings. The number of aromatic carboxylic acids is 1. The largest absolute Gasteiger partial charge is 0.478 e. The van der Waals surface area contributed by atoms with E-state index in [1.807, 2.05) is 6.92 Å². The normalized spacial score (nSPS) is 10.7. The highest BCUT2D eigenvalue weighted by molar-refractivity contribution is 6.33. The standard InChI is InChI=1S/C11H7Cl2NO2/c1-5-2-9-6(4-8(5)12)3-7(11(15)16)10(13)14-9/h2-4H,1H3,(H,15,16). The fraction of sp³-hybridized carbons (Fsp3) is 0.0909. The fourth-order valence-electron chi connectivity index (χ4n) is 1.43. The highest BCUT2D eigenvalue weighted by atomic mass is 35.5. The molecule has 0 amide bonds. The summed E-state index contributed by atoms with van der Waals surface area (Å²) >= 11 is 11.7. The van der Waals surface area contributed by atoms with Gasteiger partial charge < -0.3 is 5.11 Å². The van der Waals surface area contributed by atoms with Crippen LogP contribution in [0.15, 0.2) is 18.2 Å². The molecule has 0 aliphatic heterocycles. The van der Waals surface area contributed by atoms with Crippen molar-refractivity contribution in [2.45, 2.75) is 6.92 Å². The number of benzene rings is 1. The van der Waals surface area contributed by atoms with Gasteiger partial charge in [0.25, 0.3) is 0 Å². The molecule has 0 saturated heterocycles. The van der Waals surface area contributed by atoms with Crippen LogP contribution in [0.1, 0.15) is 15.9 Å². The Hall–Kier alpha value is -1.32. The third-order valence-corrected chi connectivity index (χ3v) is 2.97. The second kappa shape index (κ2) is 3.92. The van der Waals surface area contributed by atoms with Crippen LogP contribution in [0.5, 0.6) is 0 Å². The van der Waals surface area contributed by atoms with Gasteiger partial charge in [-0.05, 0) is 30.7 Å². The predicted octanol–water partition coefficient (Wildman–Crippen LogP) is 3.55. The monoisotopic (exact) mass is 255 g/mol. The van der Waals surface area contributed by atoms with Gasteiger partial charge in [0, 0.05) is 10.4 Å². The summed E-state index contributed by atoms with van der Waals surface area (Å²) in [6.07, 6.45) is 0. The van der Waals surface area contributed by atoms with Gasteiger partial charge in [0.15, 0.2) is 0 Å². The minimum absolute atomic E-state index is 0.0123. The van der Waals surface area contributed by atoms with E-state index >= 15 is 0 Å². The molecule has 0 atom stereocenters. The molecule has 0 bridgehead atoms. The summed E-state index contributed by atoms with van der Waals surface area (Å²) < 4.78 is 0. The minimum Gasteiger partial charge on any atom is -0.478 e. The fourth-order valence-corrected chi connectivity index (χ4v) is 1.82. The zero-order valence-corrected chi connectivity index (χ0v) is 9.80. The van der Waals surface area contributed by atoms with Gasteiger partial charge in [0.05, 0.1) is 11.1 Å². The third kappa shape index (κ3) is 1.84. The van der Waals surface area contributed by atoms with Gasteiger partial charge in [0.1, 0.15) is 5.15 Å². The van der Waals surface area contributed by atoms with Gasteiger partial charge in [-0.15, -0.1) is 0 Å². The Morgan fingerprint density at radius 2 is 2.00 bits per heavy atom. The molecule has 2 aromatic rings. The summed E-state index contributed by atoms with van der Waals surface area (Å²) in [6, 6.07) is 4.93. The molecule has 1 aromatic carbocycles. The first-order valence-electron chi connectivity index (χ1n) is 4.48. The number of aromatic nitrogens is 1. The Morgan fingerprint density at radius 3 is 2.62 bits per heavy atom. The highest BCUT2D eigenvalue weighted by Gasteiger charge is 2.12. The van der Waals surface area contributed by atoms with Crippen LogP contribution >= 0.6 is 23.2 Å². The van der Waals surface area contributed by atoms with Crippen LogP contribution in [0.25, 0.3) is 10.9 Å². The lowest BCUT2D eigenvalue weighted by atomic mass is 10.1. The average Bonchev–Trinajstić information content (AvgIpc) is 2.19. The number of nitrogens with zero attached hydrogens (tertiary/aromatic N) is 1. The quantitative estimate of drug-likeness (QED) is 0.793. The zero-order chi connectivity index (χ0) is 11.9. The number of fused-ring (bicyclic) bond motifs is 1. The number of rotatable bonds is 1. The number of carboxylic acids is 1. The molecule has 16 heavy (non-hydrogen) atoms. The number of carbonyl (C=O) groups is 1. The first-order valence-corrected chi connectivity index (χ1v) is 5.24. The van der Waals surface area contributed by atoms with Crippen molar-refractivity contribution in [3.63, 3.8) is 0 Å². The van der Waals surface area contributed by atoms with E-state index in [1.54, 1.807) is 12.1 Å². The lowest BCUT2D eigenvalue weighted by Gasteiger charge is -2.04. The molecule has 0 saturated carbocycles.